The van der Waals surface area contributed by atoms with Crippen LogP contribution in [0.15, 0.2) is 67.1 Å². The van der Waals surface area contributed by atoms with Crippen LogP contribution < -0.4 is 5.32 Å². The van der Waals surface area contributed by atoms with Crippen LogP contribution in [-0.4, -0.2) is 38.0 Å². The number of nitrogens with one attached hydrogen (secondary N) is 1. The van der Waals surface area contributed by atoms with E-state index in [1.165, 1.54) is 5.56 Å². The number of benzene rings is 1. The molecule has 0 aliphatic carbocycles. The molecule has 0 radical (unpaired) electrons. The average Bonchev–Trinajstić information content (AvgIpc) is 3.34. The second kappa shape index (κ2) is 8.68. The summed E-state index contributed by atoms with van der Waals surface area (Å²) in [7, 11) is 0. The number of aromatic nitrogens is 3. The van der Waals surface area contributed by atoms with Gasteiger partial charge in [0.05, 0.1) is 30.9 Å². The summed E-state index contributed by atoms with van der Waals surface area (Å²) < 4.78 is 1.85. The van der Waals surface area contributed by atoms with Gasteiger partial charge in [0, 0.05) is 37.5 Å². The molecule has 1 aliphatic rings. The van der Waals surface area contributed by atoms with Crippen LogP contribution in [0.2, 0.25) is 0 Å². The molecule has 4 rings (SSSR count). The first-order chi connectivity index (χ1) is 14.2. The minimum absolute atomic E-state index is 0.00789. The Morgan fingerprint density at radius 1 is 1.07 bits per heavy atom. The number of carbonyl (C=O) groups is 2. The van der Waals surface area contributed by atoms with Gasteiger partial charge in [0.15, 0.2) is 0 Å². The molecule has 0 bridgehead atoms. The normalized spacial score (nSPS) is 16.2. The maximum Gasteiger partial charge on any atom is 0.225 e. The van der Waals surface area contributed by atoms with Crippen LogP contribution in [0.25, 0.3) is 0 Å². The predicted octanol–water partition coefficient (Wildman–Crippen LogP) is 1.99. The van der Waals surface area contributed by atoms with E-state index in [4.69, 9.17) is 0 Å². The van der Waals surface area contributed by atoms with Crippen molar-refractivity contribution in [1.82, 2.24) is 25.0 Å². The molecule has 3 heterocycles. The Balaban J connectivity index is 1.27. The van der Waals surface area contributed by atoms with Crippen LogP contribution >= 0.6 is 0 Å². The van der Waals surface area contributed by atoms with E-state index in [-0.39, 0.29) is 24.2 Å². The first-order valence-corrected chi connectivity index (χ1v) is 9.68. The summed E-state index contributed by atoms with van der Waals surface area (Å²) in [5.74, 6) is -0.435. The highest BCUT2D eigenvalue weighted by molar-refractivity contribution is 5.89. The summed E-state index contributed by atoms with van der Waals surface area (Å²) in [6.07, 6.45) is 5.64. The number of hydrogen-bond acceptors (Lipinski definition) is 4. The monoisotopic (exact) mass is 389 g/mol. The largest absolute Gasteiger partial charge is 0.352 e. The summed E-state index contributed by atoms with van der Waals surface area (Å²) in [5.41, 5.74) is 2.93. The second-order valence-electron chi connectivity index (χ2n) is 7.25. The zero-order valence-electron chi connectivity index (χ0n) is 16.1. The molecule has 1 fully saturated rings. The Morgan fingerprint density at radius 3 is 2.69 bits per heavy atom. The predicted molar refractivity (Wildman–Crippen MR) is 107 cm³/mol. The van der Waals surface area contributed by atoms with Crippen molar-refractivity contribution in [3.8, 4) is 0 Å². The number of amides is 2. The van der Waals surface area contributed by atoms with Gasteiger partial charge in [-0.1, -0.05) is 36.4 Å². The average molecular weight is 389 g/mol. The fourth-order valence-corrected chi connectivity index (χ4v) is 3.48. The minimum Gasteiger partial charge on any atom is -0.352 e. The summed E-state index contributed by atoms with van der Waals surface area (Å²) >= 11 is 0. The Kier molecular flexibility index (Phi) is 5.65. The van der Waals surface area contributed by atoms with E-state index in [0.29, 0.717) is 26.2 Å². The summed E-state index contributed by atoms with van der Waals surface area (Å²) in [6.45, 7) is 1.96. The van der Waals surface area contributed by atoms with Crippen molar-refractivity contribution >= 4 is 11.8 Å². The first-order valence-electron chi connectivity index (χ1n) is 9.68. The van der Waals surface area contributed by atoms with Gasteiger partial charge in [-0.3, -0.25) is 19.3 Å². The van der Waals surface area contributed by atoms with Gasteiger partial charge in [0.2, 0.25) is 11.8 Å². The van der Waals surface area contributed by atoms with Crippen LogP contribution in [0.5, 0.6) is 0 Å². The van der Waals surface area contributed by atoms with Crippen molar-refractivity contribution < 1.29 is 9.59 Å². The van der Waals surface area contributed by atoms with Gasteiger partial charge in [0.1, 0.15) is 0 Å². The van der Waals surface area contributed by atoms with Gasteiger partial charge >= 0.3 is 0 Å². The van der Waals surface area contributed by atoms with Crippen molar-refractivity contribution in [3.63, 3.8) is 0 Å². The number of pyridine rings is 1. The number of nitrogens with zero attached hydrogens (tertiary/aromatic N) is 4. The molecule has 1 saturated heterocycles. The van der Waals surface area contributed by atoms with E-state index < -0.39 is 0 Å². The Morgan fingerprint density at radius 2 is 1.90 bits per heavy atom. The van der Waals surface area contributed by atoms with Crippen LogP contribution in [0.1, 0.15) is 23.2 Å². The maximum atomic E-state index is 12.5. The fourth-order valence-electron chi connectivity index (χ4n) is 3.48. The molecule has 1 N–H and O–H groups in total. The van der Waals surface area contributed by atoms with E-state index in [1.54, 1.807) is 17.3 Å². The number of hydrogen-bond donors (Lipinski definition) is 1. The zero-order valence-corrected chi connectivity index (χ0v) is 16.1. The highest BCUT2D eigenvalue weighted by atomic mass is 16.2. The molecule has 2 aromatic heterocycles. The fraction of sp³-hybridized carbons (Fsp3) is 0.273. The Hall–Kier alpha value is -3.48. The molecule has 7 heteroatoms. The Bertz CT molecular complexity index is 971. The van der Waals surface area contributed by atoms with Gasteiger partial charge < -0.3 is 10.2 Å². The number of rotatable bonds is 7. The van der Waals surface area contributed by atoms with Crippen molar-refractivity contribution in [1.29, 1.82) is 0 Å². The third-order valence-electron chi connectivity index (χ3n) is 5.01. The molecule has 1 atom stereocenters. The standard InChI is InChI=1S/C22H23N5O2/c28-21-10-19(15-26(21)16-20-8-4-5-9-23-20)22(29)24-11-18-12-25-27(14-18)13-17-6-2-1-3-7-17/h1-9,12,14,19H,10-11,13,15-16H2,(H,24,29). The highest BCUT2D eigenvalue weighted by Crippen LogP contribution is 2.20. The molecular weight excluding hydrogens is 366 g/mol. The van der Waals surface area contributed by atoms with Gasteiger partial charge in [-0.15, -0.1) is 0 Å². The molecule has 0 spiro atoms. The van der Waals surface area contributed by atoms with Crippen LogP contribution in [0, 0.1) is 5.92 Å². The van der Waals surface area contributed by atoms with Gasteiger partial charge in [-0.25, -0.2) is 0 Å². The number of likely N-dealkylation sites (tertiary alicyclic amines) is 1. The molecule has 2 amide bonds. The SMILES string of the molecule is O=C(NCc1cnn(Cc2ccccc2)c1)C1CC(=O)N(Cc2ccccn2)C1. The van der Waals surface area contributed by atoms with E-state index >= 15 is 0 Å². The molecule has 0 saturated carbocycles. The Labute approximate surface area is 169 Å². The molecule has 1 aliphatic heterocycles. The third kappa shape index (κ3) is 4.87. The second-order valence-corrected chi connectivity index (χ2v) is 7.25. The lowest BCUT2D eigenvalue weighted by Crippen LogP contribution is -2.32. The van der Waals surface area contributed by atoms with Crippen LogP contribution in [0.3, 0.4) is 0 Å². The van der Waals surface area contributed by atoms with E-state index in [2.05, 4.69) is 27.5 Å². The first kappa shape index (κ1) is 18.9. The molecular formula is C22H23N5O2. The lowest BCUT2D eigenvalue weighted by atomic mass is 10.1. The molecule has 7 nitrogen and oxygen atoms in total. The molecule has 3 aromatic rings. The molecule has 29 heavy (non-hydrogen) atoms. The van der Waals surface area contributed by atoms with Crippen LogP contribution in [0.4, 0.5) is 0 Å². The molecule has 1 aromatic carbocycles. The summed E-state index contributed by atoms with van der Waals surface area (Å²) in [4.78, 5) is 30.7. The topological polar surface area (TPSA) is 80.1 Å². The van der Waals surface area contributed by atoms with E-state index in [0.717, 1.165) is 11.3 Å². The van der Waals surface area contributed by atoms with Gasteiger partial charge in [-0.2, -0.15) is 5.10 Å². The third-order valence-corrected chi connectivity index (χ3v) is 5.01. The van der Waals surface area contributed by atoms with Crippen molar-refractivity contribution in [2.45, 2.75) is 26.1 Å². The van der Waals surface area contributed by atoms with Crippen LogP contribution in [-0.2, 0) is 29.2 Å². The molecule has 1 unspecified atom stereocenters. The van der Waals surface area contributed by atoms with Gasteiger partial charge in [0.25, 0.3) is 0 Å². The highest BCUT2D eigenvalue weighted by Gasteiger charge is 2.34. The lowest BCUT2D eigenvalue weighted by Gasteiger charge is -2.16. The van der Waals surface area contributed by atoms with Crippen molar-refractivity contribution in [2.75, 3.05) is 6.54 Å². The van der Waals surface area contributed by atoms with E-state index in [9.17, 15) is 9.59 Å². The molecule has 148 valence electrons. The summed E-state index contributed by atoms with van der Waals surface area (Å²) in [6, 6.07) is 15.7. The van der Waals surface area contributed by atoms with Crippen molar-refractivity contribution in [2.24, 2.45) is 5.92 Å². The van der Waals surface area contributed by atoms with Crippen molar-refractivity contribution in [3.05, 3.63) is 83.9 Å². The van der Waals surface area contributed by atoms with E-state index in [1.807, 2.05) is 47.3 Å². The maximum absolute atomic E-state index is 12.5. The lowest BCUT2D eigenvalue weighted by molar-refractivity contribution is -0.129. The smallest absolute Gasteiger partial charge is 0.225 e. The number of carbonyl (C=O) groups excluding carboxylic acids is 2. The van der Waals surface area contributed by atoms with Gasteiger partial charge in [-0.05, 0) is 17.7 Å². The quantitative estimate of drug-likeness (QED) is 0.670. The summed E-state index contributed by atoms with van der Waals surface area (Å²) in [5, 5.41) is 7.29. The zero-order chi connectivity index (χ0) is 20.1. The minimum atomic E-state index is -0.328.